The Balaban J connectivity index is 2.30. The first-order valence-corrected chi connectivity index (χ1v) is 6.04. The van der Waals surface area contributed by atoms with Gasteiger partial charge in [-0.3, -0.25) is 0 Å². The van der Waals surface area contributed by atoms with Crippen LogP contribution in [-0.4, -0.2) is 17.0 Å². The van der Waals surface area contributed by atoms with Gasteiger partial charge in [0.15, 0.2) is 11.6 Å². The third-order valence-corrected chi connectivity index (χ3v) is 2.67. The zero-order chi connectivity index (χ0) is 13.1. The highest BCUT2D eigenvalue weighted by atomic mass is 79.9. The third kappa shape index (κ3) is 2.95. The van der Waals surface area contributed by atoms with Gasteiger partial charge in [-0.25, -0.2) is 9.37 Å². The largest absolute Gasteiger partial charge is 0.436 e. The monoisotopic (exact) mass is 311 g/mol. The lowest BCUT2D eigenvalue weighted by molar-refractivity contribution is 0.425. The van der Waals surface area contributed by atoms with E-state index in [0.29, 0.717) is 22.0 Å². The number of hydrogen-bond donors (Lipinski definition) is 1. The number of anilines is 1. The van der Waals surface area contributed by atoms with Crippen LogP contribution < -0.4 is 10.1 Å². The standard InChI is InChI=1S/C12H11BrFN3O/c1-7-16-11(15-2)6-12(17-7)18-10-4-3-8(13)5-9(10)14/h3-6H,1-2H3,(H,15,16,17). The molecule has 1 aromatic heterocycles. The number of rotatable bonds is 3. The van der Waals surface area contributed by atoms with Crippen LogP contribution in [0.1, 0.15) is 5.82 Å². The normalized spacial score (nSPS) is 10.2. The van der Waals surface area contributed by atoms with Crippen molar-refractivity contribution in [2.24, 2.45) is 0 Å². The average Bonchev–Trinajstić information content (AvgIpc) is 2.32. The number of nitrogens with zero attached hydrogens (tertiary/aromatic N) is 2. The van der Waals surface area contributed by atoms with Crippen molar-refractivity contribution in [1.82, 2.24) is 9.97 Å². The molecule has 0 aliphatic heterocycles. The highest BCUT2D eigenvalue weighted by Crippen LogP contribution is 2.26. The zero-order valence-electron chi connectivity index (χ0n) is 9.87. The van der Waals surface area contributed by atoms with Gasteiger partial charge in [0.05, 0.1) is 0 Å². The van der Waals surface area contributed by atoms with E-state index in [1.165, 1.54) is 12.1 Å². The molecule has 2 aromatic rings. The summed E-state index contributed by atoms with van der Waals surface area (Å²) in [5, 5.41) is 2.89. The predicted octanol–water partition coefficient (Wildman–Crippen LogP) is 3.52. The van der Waals surface area contributed by atoms with E-state index in [9.17, 15) is 4.39 Å². The number of aromatic nitrogens is 2. The molecule has 0 saturated carbocycles. The molecule has 1 N–H and O–H groups in total. The maximum Gasteiger partial charge on any atom is 0.224 e. The average molecular weight is 312 g/mol. The smallest absolute Gasteiger partial charge is 0.224 e. The second-order valence-electron chi connectivity index (χ2n) is 3.57. The van der Waals surface area contributed by atoms with Crippen molar-refractivity contribution >= 4 is 21.7 Å². The molecular formula is C12H11BrFN3O. The van der Waals surface area contributed by atoms with Gasteiger partial charge in [0, 0.05) is 17.6 Å². The van der Waals surface area contributed by atoms with Crippen LogP contribution in [0.3, 0.4) is 0 Å². The van der Waals surface area contributed by atoms with Crippen LogP contribution in [0.25, 0.3) is 0 Å². The summed E-state index contributed by atoms with van der Waals surface area (Å²) in [4.78, 5) is 8.22. The van der Waals surface area contributed by atoms with Crippen LogP contribution >= 0.6 is 15.9 Å². The van der Waals surface area contributed by atoms with Crippen LogP contribution in [0.4, 0.5) is 10.2 Å². The molecule has 0 unspecified atom stereocenters. The van der Waals surface area contributed by atoms with Gasteiger partial charge in [-0.05, 0) is 25.1 Å². The first-order valence-electron chi connectivity index (χ1n) is 5.25. The topological polar surface area (TPSA) is 47.0 Å². The first kappa shape index (κ1) is 12.8. The SMILES string of the molecule is CNc1cc(Oc2ccc(Br)cc2F)nc(C)n1. The fourth-order valence-electron chi connectivity index (χ4n) is 1.39. The van der Waals surface area contributed by atoms with Crippen molar-refractivity contribution < 1.29 is 9.13 Å². The Bertz CT molecular complexity index is 577. The summed E-state index contributed by atoms with van der Waals surface area (Å²) in [6, 6.07) is 6.18. The fraction of sp³-hybridized carbons (Fsp3) is 0.167. The molecule has 4 nitrogen and oxygen atoms in total. The Labute approximate surface area is 112 Å². The van der Waals surface area contributed by atoms with E-state index >= 15 is 0 Å². The highest BCUT2D eigenvalue weighted by molar-refractivity contribution is 9.10. The molecule has 0 amide bonds. The minimum absolute atomic E-state index is 0.123. The van der Waals surface area contributed by atoms with Gasteiger partial charge < -0.3 is 10.1 Å². The molecule has 0 saturated heterocycles. The van der Waals surface area contributed by atoms with Crippen LogP contribution in [0, 0.1) is 12.7 Å². The van der Waals surface area contributed by atoms with Gasteiger partial charge in [0.1, 0.15) is 11.6 Å². The summed E-state index contributed by atoms with van der Waals surface area (Å²) in [5.74, 6) is 1.14. The quantitative estimate of drug-likeness (QED) is 0.942. The Morgan fingerprint density at radius 3 is 2.72 bits per heavy atom. The molecule has 18 heavy (non-hydrogen) atoms. The van der Waals surface area contributed by atoms with Crippen molar-refractivity contribution in [1.29, 1.82) is 0 Å². The van der Waals surface area contributed by atoms with Gasteiger partial charge in [-0.2, -0.15) is 4.98 Å². The van der Waals surface area contributed by atoms with E-state index in [1.807, 2.05) is 0 Å². The molecule has 1 heterocycles. The number of nitrogens with one attached hydrogen (secondary N) is 1. The second kappa shape index (κ2) is 5.30. The van der Waals surface area contributed by atoms with Crippen LogP contribution in [0.2, 0.25) is 0 Å². The molecule has 0 fully saturated rings. The van der Waals surface area contributed by atoms with E-state index in [-0.39, 0.29) is 5.75 Å². The summed E-state index contributed by atoms with van der Waals surface area (Å²) in [7, 11) is 1.74. The molecule has 94 valence electrons. The molecule has 0 atom stereocenters. The first-order chi connectivity index (χ1) is 8.58. The molecular weight excluding hydrogens is 301 g/mol. The van der Waals surface area contributed by atoms with Gasteiger partial charge >= 0.3 is 0 Å². The number of hydrogen-bond acceptors (Lipinski definition) is 4. The minimum atomic E-state index is -0.452. The number of aryl methyl sites for hydroxylation is 1. The molecule has 1 aromatic carbocycles. The molecule has 6 heteroatoms. The highest BCUT2D eigenvalue weighted by Gasteiger charge is 2.08. The lowest BCUT2D eigenvalue weighted by atomic mass is 10.3. The maximum atomic E-state index is 13.6. The lowest BCUT2D eigenvalue weighted by Gasteiger charge is -2.08. The Kier molecular flexibility index (Phi) is 3.76. The summed E-state index contributed by atoms with van der Waals surface area (Å²) in [6.07, 6.45) is 0. The summed E-state index contributed by atoms with van der Waals surface area (Å²) >= 11 is 3.18. The maximum absolute atomic E-state index is 13.6. The van der Waals surface area contributed by atoms with Crippen LogP contribution in [-0.2, 0) is 0 Å². The molecule has 0 spiro atoms. The van der Waals surface area contributed by atoms with E-state index in [4.69, 9.17) is 4.74 Å². The van der Waals surface area contributed by atoms with Crippen molar-refractivity contribution in [2.75, 3.05) is 12.4 Å². The third-order valence-electron chi connectivity index (χ3n) is 2.18. The number of halogens is 2. The van der Waals surface area contributed by atoms with Crippen LogP contribution in [0.5, 0.6) is 11.6 Å². The van der Waals surface area contributed by atoms with Crippen molar-refractivity contribution in [2.45, 2.75) is 6.92 Å². The van der Waals surface area contributed by atoms with E-state index < -0.39 is 5.82 Å². The Morgan fingerprint density at radius 1 is 1.28 bits per heavy atom. The fourth-order valence-corrected chi connectivity index (χ4v) is 1.72. The lowest BCUT2D eigenvalue weighted by Crippen LogP contribution is -1.99. The Morgan fingerprint density at radius 2 is 2.06 bits per heavy atom. The molecule has 0 aliphatic rings. The Hall–Kier alpha value is -1.69. The molecule has 0 radical (unpaired) electrons. The van der Waals surface area contributed by atoms with Crippen molar-refractivity contribution in [3.05, 3.63) is 40.4 Å². The van der Waals surface area contributed by atoms with Gasteiger partial charge in [0.25, 0.3) is 0 Å². The zero-order valence-corrected chi connectivity index (χ0v) is 11.5. The van der Waals surface area contributed by atoms with E-state index in [2.05, 4.69) is 31.2 Å². The summed E-state index contributed by atoms with van der Waals surface area (Å²) < 4.78 is 19.7. The van der Waals surface area contributed by atoms with Crippen molar-refractivity contribution in [3.8, 4) is 11.6 Å². The predicted molar refractivity (Wildman–Crippen MR) is 70.5 cm³/mol. The molecule has 0 aliphatic carbocycles. The minimum Gasteiger partial charge on any atom is -0.436 e. The molecule has 2 rings (SSSR count). The molecule has 0 bridgehead atoms. The van der Waals surface area contributed by atoms with Crippen LogP contribution in [0.15, 0.2) is 28.7 Å². The van der Waals surface area contributed by atoms with E-state index in [0.717, 1.165) is 0 Å². The summed E-state index contributed by atoms with van der Waals surface area (Å²) in [6.45, 7) is 1.74. The van der Waals surface area contributed by atoms with Gasteiger partial charge in [0.2, 0.25) is 5.88 Å². The number of benzene rings is 1. The van der Waals surface area contributed by atoms with Gasteiger partial charge in [-0.1, -0.05) is 15.9 Å². The summed E-state index contributed by atoms with van der Waals surface area (Å²) in [5.41, 5.74) is 0. The second-order valence-corrected chi connectivity index (χ2v) is 4.48. The van der Waals surface area contributed by atoms with Crippen molar-refractivity contribution in [3.63, 3.8) is 0 Å². The van der Waals surface area contributed by atoms with Gasteiger partial charge in [-0.15, -0.1) is 0 Å². The number of ether oxygens (including phenoxy) is 1. The van der Waals surface area contributed by atoms with E-state index in [1.54, 1.807) is 26.1 Å².